The van der Waals surface area contributed by atoms with Crippen LogP contribution in [0.4, 0.5) is 0 Å². The molecule has 82 valence electrons. The third-order valence-corrected chi connectivity index (χ3v) is 2.25. The molecule has 0 bridgehead atoms. The van der Waals surface area contributed by atoms with Crippen molar-refractivity contribution in [3.05, 3.63) is 12.3 Å². The van der Waals surface area contributed by atoms with Crippen LogP contribution in [0.1, 0.15) is 33.6 Å². The van der Waals surface area contributed by atoms with Crippen LogP contribution in [0.5, 0.6) is 0 Å². The van der Waals surface area contributed by atoms with Gasteiger partial charge in [0.1, 0.15) is 0 Å². The lowest BCUT2D eigenvalue weighted by Crippen LogP contribution is -2.23. The number of esters is 1. The topological polar surface area (TPSA) is 38.3 Å². The van der Waals surface area contributed by atoms with E-state index in [2.05, 4.69) is 30.8 Å². The molecular formula is C11H21NO2. The molecule has 0 aliphatic rings. The van der Waals surface area contributed by atoms with Gasteiger partial charge in [-0.2, -0.15) is 0 Å². The SMILES string of the molecule is CCC(C)CC(C)N/C=C/C(=O)OC. The van der Waals surface area contributed by atoms with Crippen LogP contribution >= 0.6 is 0 Å². The Labute approximate surface area is 86.5 Å². The average molecular weight is 199 g/mol. The van der Waals surface area contributed by atoms with Gasteiger partial charge in [0, 0.05) is 18.3 Å². The number of hydrogen-bond donors (Lipinski definition) is 1. The summed E-state index contributed by atoms with van der Waals surface area (Å²) in [6, 6.07) is 0.394. The highest BCUT2D eigenvalue weighted by Crippen LogP contribution is 2.08. The normalized spacial score (nSPS) is 15.1. The molecule has 0 radical (unpaired) electrons. The lowest BCUT2D eigenvalue weighted by atomic mass is 10.0. The van der Waals surface area contributed by atoms with E-state index in [1.54, 1.807) is 6.20 Å². The molecule has 2 unspecified atom stereocenters. The van der Waals surface area contributed by atoms with Gasteiger partial charge in [0.25, 0.3) is 0 Å². The number of nitrogens with one attached hydrogen (secondary N) is 1. The van der Waals surface area contributed by atoms with E-state index in [9.17, 15) is 4.79 Å². The number of rotatable bonds is 6. The quantitative estimate of drug-likeness (QED) is 0.526. The molecular weight excluding hydrogens is 178 g/mol. The molecule has 0 heterocycles. The van der Waals surface area contributed by atoms with Gasteiger partial charge < -0.3 is 10.1 Å². The van der Waals surface area contributed by atoms with Gasteiger partial charge in [0.15, 0.2) is 0 Å². The second-order valence-electron chi connectivity index (χ2n) is 3.67. The van der Waals surface area contributed by atoms with E-state index < -0.39 is 0 Å². The molecule has 3 heteroatoms. The first kappa shape index (κ1) is 13.0. The Morgan fingerprint density at radius 3 is 2.64 bits per heavy atom. The van der Waals surface area contributed by atoms with Gasteiger partial charge in [-0.15, -0.1) is 0 Å². The van der Waals surface area contributed by atoms with Crippen molar-refractivity contribution in [1.29, 1.82) is 0 Å². The fraction of sp³-hybridized carbons (Fsp3) is 0.727. The molecule has 0 aromatic rings. The number of carbonyl (C=O) groups is 1. The summed E-state index contributed by atoms with van der Waals surface area (Å²) in [5.41, 5.74) is 0. The van der Waals surface area contributed by atoms with Crippen molar-refractivity contribution in [2.24, 2.45) is 5.92 Å². The van der Waals surface area contributed by atoms with Gasteiger partial charge >= 0.3 is 5.97 Å². The van der Waals surface area contributed by atoms with E-state index in [-0.39, 0.29) is 5.97 Å². The molecule has 0 aliphatic carbocycles. The average Bonchev–Trinajstić information content (AvgIpc) is 2.17. The Hall–Kier alpha value is -0.990. The predicted octanol–water partition coefficient (Wildman–Crippen LogP) is 2.09. The molecule has 14 heavy (non-hydrogen) atoms. The fourth-order valence-corrected chi connectivity index (χ4v) is 1.19. The molecule has 0 spiro atoms. The third kappa shape index (κ3) is 6.52. The summed E-state index contributed by atoms with van der Waals surface area (Å²) in [6.45, 7) is 6.51. The molecule has 0 aromatic carbocycles. The van der Waals surface area contributed by atoms with Gasteiger partial charge in [-0.1, -0.05) is 20.3 Å². The summed E-state index contributed by atoms with van der Waals surface area (Å²) >= 11 is 0. The lowest BCUT2D eigenvalue weighted by molar-refractivity contribution is -0.134. The van der Waals surface area contributed by atoms with Gasteiger partial charge in [0.2, 0.25) is 0 Å². The number of carbonyl (C=O) groups excluding carboxylic acids is 1. The first-order valence-electron chi connectivity index (χ1n) is 5.10. The van der Waals surface area contributed by atoms with Crippen LogP contribution in [-0.4, -0.2) is 19.1 Å². The monoisotopic (exact) mass is 199 g/mol. The Bertz CT molecular complexity index is 190. The van der Waals surface area contributed by atoms with E-state index in [4.69, 9.17) is 0 Å². The minimum absolute atomic E-state index is 0.326. The maximum absolute atomic E-state index is 10.7. The Kier molecular flexibility index (Phi) is 6.89. The lowest BCUT2D eigenvalue weighted by Gasteiger charge is -2.15. The molecule has 3 nitrogen and oxygen atoms in total. The minimum atomic E-state index is -0.326. The van der Waals surface area contributed by atoms with Gasteiger partial charge in [-0.3, -0.25) is 0 Å². The van der Waals surface area contributed by atoms with Crippen molar-refractivity contribution in [3.63, 3.8) is 0 Å². The largest absolute Gasteiger partial charge is 0.466 e. The molecule has 0 amide bonds. The number of methoxy groups -OCH3 is 1. The Morgan fingerprint density at radius 2 is 2.14 bits per heavy atom. The zero-order valence-corrected chi connectivity index (χ0v) is 9.54. The molecule has 0 aliphatic heterocycles. The zero-order valence-electron chi connectivity index (χ0n) is 9.54. The van der Waals surface area contributed by atoms with Crippen molar-refractivity contribution in [3.8, 4) is 0 Å². The molecule has 0 rings (SSSR count). The first-order chi connectivity index (χ1) is 6.60. The highest BCUT2D eigenvalue weighted by Gasteiger charge is 2.04. The summed E-state index contributed by atoms with van der Waals surface area (Å²) in [5, 5.41) is 3.13. The molecule has 0 fully saturated rings. The molecule has 1 N–H and O–H groups in total. The van der Waals surface area contributed by atoms with Crippen LogP contribution in [0, 0.1) is 5.92 Å². The molecule has 2 atom stereocenters. The fourth-order valence-electron chi connectivity index (χ4n) is 1.19. The number of ether oxygens (including phenoxy) is 1. The van der Waals surface area contributed by atoms with Crippen molar-refractivity contribution in [1.82, 2.24) is 5.32 Å². The zero-order chi connectivity index (χ0) is 11.0. The van der Waals surface area contributed by atoms with E-state index in [1.807, 2.05) is 0 Å². The Morgan fingerprint density at radius 1 is 1.50 bits per heavy atom. The smallest absolute Gasteiger partial charge is 0.331 e. The van der Waals surface area contributed by atoms with Crippen LogP contribution in [0.2, 0.25) is 0 Å². The number of hydrogen-bond acceptors (Lipinski definition) is 3. The molecule has 0 saturated carbocycles. The van der Waals surface area contributed by atoms with Crippen molar-refractivity contribution in [2.75, 3.05) is 7.11 Å². The van der Waals surface area contributed by atoms with Crippen LogP contribution in [0.3, 0.4) is 0 Å². The van der Waals surface area contributed by atoms with Crippen LogP contribution in [-0.2, 0) is 9.53 Å². The van der Waals surface area contributed by atoms with Crippen LogP contribution in [0.25, 0.3) is 0 Å². The molecule has 0 saturated heterocycles. The summed E-state index contributed by atoms with van der Waals surface area (Å²) < 4.78 is 4.47. The minimum Gasteiger partial charge on any atom is -0.466 e. The van der Waals surface area contributed by atoms with Crippen LogP contribution < -0.4 is 5.32 Å². The summed E-state index contributed by atoms with van der Waals surface area (Å²) in [7, 11) is 1.37. The maximum atomic E-state index is 10.7. The highest BCUT2D eigenvalue weighted by atomic mass is 16.5. The van der Waals surface area contributed by atoms with Crippen LogP contribution in [0.15, 0.2) is 12.3 Å². The van der Waals surface area contributed by atoms with Gasteiger partial charge in [-0.25, -0.2) is 4.79 Å². The summed E-state index contributed by atoms with van der Waals surface area (Å²) in [4.78, 5) is 10.7. The summed E-state index contributed by atoms with van der Waals surface area (Å²) in [6.07, 6.45) is 5.35. The second-order valence-corrected chi connectivity index (χ2v) is 3.67. The second kappa shape index (κ2) is 7.42. The predicted molar refractivity (Wildman–Crippen MR) is 57.8 cm³/mol. The van der Waals surface area contributed by atoms with Gasteiger partial charge in [-0.05, 0) is 19.3 Å². The van der Waals surface area contributed by atoms with Gasteiger partial charge in [0.05, 0.1) is 7.11 Å². The first-order valence-corrected chi connectivity index (χ1v) is 5.10. The Balaban J connectivity index is 3.67. The third-order valence-electron chi connectivity index (χ3n) is 2.25. The summed E-state index contributed by atoms with van der Waals surface area (Å²) in [5.74, 6) is 0.386. The molecule has 0 aromatic heterocycles. The highest BCUT2D eigenvalue weighted by molar-refractivity contribution is 5.81. The van der Waals surface area contributed by atoms with E-state index >= 15 is 0 Å². The van der Waals surface area contributed by atoms with Crippen molar-refractivity contribution < 1.29 is 9.53 Å². The van der Waals surface area contributed by atoms with Crippen molar-refractivity contribution in [2.45, 2.75) is 39.7 Å². The van der Waals surface area contributed by atoms with E-state index in [0.717, 1.165) is 6.42 Å². The maximum Gasteiger partial charge on any atom is 0.331 e. The van der Waals surface area contributed by atoms with E-state index in [1.165, 1.54) is 19.6 Å². The van der Waals surface area contributed by atoms with Crippen molar-refractivity contribution >= 4 is 5.97 Å². The van der Waals surface area contributed by atoms with E-state index in [0.29, 0.717) is 12.0 Å². The standard InChI is InChI=1S/C11H21NO2/c1-5-9(2)8-10(3)12-7-6-11(13)14-4/h6-7,9-10,12H,5,8H2,1-4H3/b7-6+.